The number of hydrogen-bond donors (Lipinski definition) is 0. The van der Waals surface area contributed by atoms with E-state index in [4.69, 9.17) is 0 Å². The lowest BCUT2D eigenvalue weighted by Gasteiger charge is -2.24. The number of hydrogen-bond acceptors (Lipinski definition) is 1. The Labute approximate surface area is 216 Å². The molecule has 0 aromatic carbocycles. The molecule has 0 aromatic heterocycles. The summed E-state index contributed by atoms with van der Waals surface area (Å²) in [6, 6.07) is 0. The maximum absolute atomic E-state index is 2.45. The predicted molar refractivity (Wildman–Crippen MR) is 158 cm³/mol. The Morgan fingerprint density at radius 3 is 0.788 bits per heavy atom. The first-order chi connectivity index (χ1) is 16.3. The van der Waals surface area contributed by atoms with E-state index in [2.05, 4.69) is 39.5 Å². The van der Waals surface area contributed by atoms with Gasteiger partial charge in [0.25, 0.3) is 0 Å². The molecule has 0 radical (unpaired) electrons. The summed E-state index contributed by atoms with van der Waals surface area (Å²) in [5.74, 6) is 0. The van der Waals surface area contributed by atoms with Crippen LogP contribution in [-0.2, 0) is 0 Å². The van der Waals surface area contributed by atoms with Crippen molar-refractivity contribution in [2.75, 3.05) is 0 Å². The van der Waals surface area contributed by atoms with Gasteiger partial charge in [0, 0.05) is 10.5 Å². The highest BCUT2D eigenvalue weighted by Crippen LogP contribution is 2.33. The molecule has 0 fully saturated rings. The van der Waals surface area contributed by atoms with E-state index in [1.807, 2.05) is 0 Å². The van der Waals surface area contributed by atoms with Gasteiger partial charge in [0.2, 0.25) is 0 Å². The van der Waals surface area contributed by atoms with Gasteiger partial charge in [0.05, 0.1) is 0 Å². The highest BCUT2D eigenvalue weighted by atomic mass is 32.2. The van der Waals surface area contributed by atoms with Gasteiger partial charge in [0.1, 0.15) is 0 Å². The molecule has 0 N–H and O–H groups in total. The second-order valence-corrected chi connectivity index (χ2v) is 12.5. The van der Waals surface area contributed by atoms with E-state index in [-0.39, 0.29) is 0 Å². The van der Waals surface area contributed by atoms with Crippen LogP contribution in [0.15, 0.2) is 0 Å². The highest BCUT2D eigenvalue weighted by Gasteiger charge is 2.17. The third kappa shape index (κ3) is 25.3. The van der Waals surface area contributed by atoms with Gasteiger partial charge in [0.15, 0.2) is 0 Å². The molecule has 0 aromatic rings. The van der Waals surface area contributed by atoms with Crippen LogP contribution in [0.5, 0.6) is 0 Å². The van der Waals surface area contributed by atoms with Crippen molar-refractivity contribution in [1.82, 2.24) is 0 Å². The van der Waals surface area contributed by atoms with Crippen molar-refractivity contribution in [2.45, 2.75) is 205 Å². The molecule has 2 unspecified atom stereocenters. The zero-order chi connectivity index (χ0) is 24.2. The predicted octanol–water partition coefficient (Wildman–Crippen LogP) is 12.7. The largest absolute Gasteiger partial charge is 0.155 e. The van der Waals surface area contributed by atoms with Crippen molar-refractivity contribution in [3.8, 4) is 0 Å². The van der Waals surface area contributed by atoms with Crippen molar-refractivity contribution in [3.63, 3.8) is 0 Å². The minimum absolute atomic E-state index is 0.943. The molecule has 0 aliphatic carbocycles. The maximum atomic E-state index is 2.45. The second-order valence-electron chi connectivity index (χ2n) is 10.9. The van der Waals surface area contributed by atoms with E-state index < -0.39 is 0 Å². The van der Waals surface area contributed by atoms with E-state index in [9.17, 15) is 0 Å². The highest BCUT2D eigenvalue weighted by molar-refractivity contribution is 8.00. The lowest BCUT2D eigenvalue weighted by molar-refractivity contribution is 0.532. The monoisotopic (exact) mass is 482 g/mol. The third-order valence-electron chi connectivity index (χ3n) is 7.40. The summed E-state index contributed by atoms with van der Waals surface area (Å²) in [5.41, 5.74) is 0. The van der Waals surface area contributed by atoms with E-state index >= 15 is 0 Å². The SMILES string of the molecule is CCCCCCCCCC(CCCCCC)SC(CCCCCC)CCCCCCCCC. The minimum atomic E-state index is 0.943. The van der Waals surface area contributed by atoms with Gasteiger partial charge < -0.3 is 0 Å². The van der Waals surface area contributed by atoms with Crippen LogP contribution in [0.4, 0.5) is 0 Å². The van der Waals surface area contributed by atoms with Gasteiger partial charge in [-0.05, 0) is 25.7 Å². The summed E-state index contributed by atoms with van der Waals surface area (Å²) in [7, 11) is 0. The molecule has 0 bridgehead atoms. The molecule has 0 aliphatic heterocycles. The lowest BCUT2D eigenvalue weighted by Crippen LogP contribution is -2.12. The summed E-state index contributed by atoms with van der Waals surface area (Å²) < 4.78 is 0. The van der Waals surface area contributed by atoms with Gasteiger partial charge in [-0.3, -0.25) is 0 Å². The summed E-state index contributed by atoms with van der Waals surface area (Å²) in [6.45, 7) is 9.34. The van der Waals surface area contributed by atoms with Crippen LogP contribution in [0.3, 0.4) is 0 Å². The van der Waals surface area contributed by atoms with Crippen molar-refractivity contribution < 1.29 is 0 Å². The molecule has 0 heterocycles. The molecule has 200 valence electrons. The van der Waals surface area contributed by atoms with Gasteiger partial charge in [-0.1, -0.05) is 169 Å². The summed E-state index contributed by atoms with van der Waals surface area (Å²) in [6.07, 6.45) is 37.8. The molecule has 2 atom stereocenters. The lowest BCUT2D eigenvalue weighted by atomic mass is 10.0. The minimum Gasteiger partial charge on any atom is -0.155 e. The van der Waals surface area contributed by atoms with Crippen LogP contribution < -0.4 is 0 Å². The molecule has 0 nitrogen and oxygen atoms in total. The van der Waals surface area contributed by atoms with Gasteiger partial charge >= 0.3 is 0 Å². The van der Waals surface area contributed by atoms with Crippen LogP contribution in [0, 0.1) is 0 Å². The smallest absolute Gasteiger partial charge is 0.00498 e. The third-order valence-corrected chi connectivity index (χ3v) is 9.12. The Kier molecular flexibility index (Phi) is 28.9. The van der Waals surface area contributed by atoms with Crippen LogP contribution in [0.25, 0.3) is 0 Å². The topological polar surface area (TPSA) is 0 Å². The molecular weight excluding hydrogens is 416 g/mol. The summed E-state index contributed by atoms with van der Waals surface area (Å²) in [4.78, 5) is 0. The molecule has 33 heavy (non-hydrogen) atoms. The van der Waals surface area contributed by atoms with Gasteiger partial charge in [-0.15, -0.1) is 0 Å². The Hall–Kier alpha value is 0.350. The average Bonchev–Trinajstić information content (AvgIpc) is 2.82. The van der Waals surface area contributed by atoms with Crippen LogP contribution >= 0.6 is 11.8 Å². The number of thioether (sulfide) groups is 1. The first-order valence-electron chi connectivity index (χ1n) is 15.9. The fourth-order valence-corrected chi connectivity index (χ4v) is 6.84. The molecule has 0 spiro atoms. The Morgan fingerprint density at radius 1 is 0.303 bits per heavy atom. The van der Waals surface area contributed by atoms with Crippen LogP contribution in [-0.4, -0.2) is 10.5 Å². The molecule has 0 amide bonds. The zero-order valence-corrected chi connectivity index (χ0v) is 24.8. The van der Waals surface area contributed by atoms with E-state index in [0.29, 0.717) is 0 Å². The molecular formula is C32H66S. The fraction of sp³-hybridized carbons (Fsp3) is 1.00. The first kappa shape index (κ1) is 33.4. The molecule has 0 aliphatic rings. The van der Waals surface area contributed by atoms with E-state index in [1.165, 1.54) is 167 Å². The van der Waals surface area contributed by atoms with Crippen molar-refractivity contribution in [3.05, 3.63) is 0 Å². The van der Waals surface area contributed by atoms with Crippen LogP contribution in [0.2, 0.25) is 0 Å². The maximum Gasteiger partial charge on any atom is 0.00498 e. The zero-order valence-electron chi connectivity index (χ0n) is 23.9. The van der Waals surface area contributed by atoms with Crippen molar-refractivity contribution in [1.29, 1.82) is 0 Å². The fourth-order valence-electron chi connectivity index (χ4n) is 5.09. The number of unbranched alkanes of at least 4 members (excludes halogenated alkanes) is 18. The number of rotatable bonds is 28. The Morgan fingerprint density at radius 2 is 0.515 bits per heavy atom. The molecule has 0 saturated heterocycles. The van der Waals surface area contributed by atoms with Crippen molar-refractivity contribution in [2.24, 2.45) is 0 Å². The van der Waals surface area contributed by atoms with Crippen molar-refractivity contribution >= 4 is 11.8 Å². The average molecular weight is 483 g/mol. The van der Waals surface area contributed by atoms with E-state index in [1.54, 1.807) is 0 Å². The van der Waals surface area contributed by atoms with Crippen LogP contribution in [0.1, 0.15) is 195 Å². The second kappa shape index (κ2) is 28.6. The summed E-state index contributed by atoms with van der Waals surface area (Å²) in [5, 5.41) is 1.89. The van der Waals surface area contributed by atoms with E-state index in [0.717, 1.165) is 10.5 Å². The van der Waals surface area contributed by atoms with Gasteiger partial charge in [-0.2, -0.15) is 11.8 Å². The molecule has 0 rings (SSSR count). The normalized spacial score (nSPS) is 13.5. The molecule has 0 saturated carbocycles. The standard InChI is InChI=1S/C32H66S/c1-5-9-13-17-19-21-25-29-31(27-23-15-11-7-3)33-32(28-24-16-12-8-4)30-26-22-20-18-14-10-6-2/h31-32H,5-30H2,1-4H3. The quantitative estimate of drug-likeness (QED) is 0.0999. The first-order valence-corrected chi connectivity index (χ1v) is 16.9. The summed E-state index contributed by atoms with van der Waals surface area (Å²) >= 11 is 2.45. The van der Waals surface area contributed by atoms with Gasteiger partial charge in [-0.25, -0.2) is 0 Å². The Balaban J connectivity index is 4.46. The Bertz CT molecular complexity index is 307. The molecule has 1 heteroatoms.